The minimum absolute atomic E-state index is 0.705. The Labute approximate surface area is 148 Å². The molecular formula is C13H24N4O9. The van der Waals surface area contributed by atoms with Gasteiger partial charge in [-0.05, 0) is 6.92 Å². The molecule has 10 N–H and O–H groups in total. The van der Waals surface area contributed by atoms with E-state index in [1.54, 1.807) is 0 Å². The molecule has 0 aliphatic heterocycles. The fraction of sp³-hybridized carbons (Fsp3) is 0.692. The number of aliphatic hydroxyl groups excluding tert-OH is 4. The molecule has 0 aliphatic rings. The average Bonchev–Trinajstić information content (AvgIpc) is 2.59. The summed E-state index contributed by atoms with van der Waals surface area (Å²) in [5.74, 6) is -4.64. The molecule has 0 aliphatic carbocycles. The molecule has 0 bridgehead atoms. The van der Waals surface area contributed by atoms with Gasteiger partial charge >= 0.3 is 5.97 Å². The van der Waals surface area contributed by atoms with Crippen molar-refractivity contribution in [1.29, 1.82) is 0 Å². The van der Waals surface area contributed by atoms with Gasteiger partial charge in [-0.25, -0.2) is 4.79 Å². The molecule has 0 fully saturated rings. The van der Waals surface area contributed by atoms with Crippen molar-refractivity contribution in [3.63, 3.8) is 0 Å². The summed E-state index contributed by atoms with van der Waals surface area (Å²) in [6, 6.07) is -6.16. The maximum absolute atomic E-state index is 12.0. The zero-order valence-electron chi connectivity index (χ0n) is 14.0. The first-order chi connectivity index (χ1) is 12.1. The van der Waals surface area contributed by atoms with Gasteiger partial charge in [-0.2, -0.15) is 0 Å². The molecule has 0 saturated carbocycles. The summed E-state index contributed by atoms with van der Waals surface area (Å²) in [5, 5.41) is 51.3. The van der Waals surface area contributed by atoms with Gasteiger partial charge in [0, 0.05) is 0 Å². The van der Waals surface area contributed by atoms with E-state index in [4.69, 9.17) is 21.1 Å². The van der Waals surface area contributed by atoms with Crippen molar-refractivity contribution in [2.45, 2.75) is 37.2 Å². The van der Waals surface area contributed by atoms with Crippen LogP contribution in [-0.2, 0) is 19.2 Å². The highest BCUT2D eigenvalue weighted by Gasteiger charge is 2.31. The Bertz CT molecular complexity index is 514. The fourth-order valence-electron chi connectivity index (χ4n) is 1.66. The third-order valence-corrected chi connectivity index (χ3v) is 3.21. The summed E-state index contributed by atoms with van der Waals surface area (Å²) < 4.78 is 0. The molecule has 0 heterocycles. The molecule has 0 aromatic rings. The quantitative estimate of drug-likeness (QED) is 0.165. The molecule has 5 unspecified atom stereocenters. The number of hydrogen-bond donors (Lipinski definition) is 9. The zero-order valence-corrected chi connectivity index (χ0v) is 14.0. The second-order valence-electron chi connectivity index (χ2n) is 5.34. The Hall–Kier alpha value is -2.32. The van der Waals surface area contributed by atoms with Gasteiger partial charge in [-0.15, -0.1) is 0 Å². The van der Waals surface area contributed by atoms with Crippen LogP contribution in [0.4, 0.5) is 0 Å². The molecule has 3 amide bonds. The highest BCUT2D eigenvalue weighted by molar-refractivity contribution is 5.94. The number of rotatable bonds is 11. The molecule has 0 aromatic heterocycles. The Morgan fingerprint density at radius 2 is 1.27 bits per heavy atom. The van der Waals surface area contributed by atoms with E-state index < -0.39 is 73.8 Å². The Balaban J connectivity index is 4.95. The van der Waals surface area contributed by atoms with Crippen LogP contribution in [0.15, 0.2) is 0 Å². The summed E-state index contributed by atoms with van der Waals surface area (Å²) >= 11 is 0. The smallest absolute Gasteiger partial charge is 0.328 e. The second kappa shape index (κ2) is 11.3. The summed E-state index contributed by atoms with van der Waals surface area (Å²) in [6.07, 6.45) is -1.45. The van der Waals surface area contributed by atoms with Gasteiger partial charge in [-0.1, -0.05) is 0 Å². The lowest BCUT2D eigenvalue weighted by Crippen LogP contribution is -2.60. The van der Waals surface area contributed by atoms with E-state index in [-0.39, 0.29) is 0 Å². The van der Waals surface area contributed by atoms with Crippen LogP contribution in [0.25, 0.3) is 0 Å². The number of carboxylic acids is 1. The van der Waals surface area contributed by atoms with Gasteiger partial charge in [0.1, 0.15) is 18.1 Å². The van der Waals surface area contributed by atoms with Gasteiger partial charge in [0.25, 0.3) is 0 Å². The van der Waals surface area contributed by atoms with E-state index in [0.29, 0.717) is 0 Å². The molecule has 26 heavy (non-hydrogen) atoms. The number of carbonyl (C=O) groups excluding carboxylic acids is 3. The minimum Gasteiger partial charge on any atom is -0.480 e. The van der Waals surface area contributed by atoms with Crippen LogP contribution in [0.2, 0.25) is 0 Å². The molecule has 0 saturated heterocycles. The van der Waals surface area contributed by atoms with Crippen molar-refractivity contribution < 1.29 is 44.7 Å². The van der Waals surface area contributed by atoms with Gasteiger partial charge in [0.2, 0.25) is 17.7 Å². The predicted molar refractivity (Wildman–Crippen MR) is 84.3 cm³/mol. The van der Waals surface area contributed by atoms with E-state index in [1.807, 2.05) is 16.0 Å². The normalized spacial score (nSPS) is 16.5. The van der Waals surface area contributed by atoms with Gasteiger partial charge in [0.15, 0.2) is 6.04 Å². The summed E-state index contributed by atoms with van der Waals surface area (Å²) in [6.45, 7) is -1.39. The van der Waals surface area contributed by atoms with Gasteiger partial charge in [0.05, 0.1) is 25.9 Å². The molecule has 150 valence electrons. The molecule has 0 spiro atoms. The molecule has 0 rings (SSSR count). The number of carboxylic acid groups (broad SMARTS) is 1. The van der Waals surface area contributed by atoms with Crippen molar-refractivity contribution in [3.05, 3.63) is 0 Å². The molecule has 0 radical (unpaired) electrons. The number of nitrogens with one attached hydrogen (secondary N) is 3. The monoisotopic (exact) mass is 380 g/mol. The number of aliphatic hydroxyl groups is 4. The number of carbonyl (C=O) groups is 4. The second-order valence-corrected chi connectivity index (χ2v) is 5.34. The van der Waals surface area contributed by atoms with E-state index in [9.17, 15) is 29.4 Å². The Morgan fingerprint density at radius 3 is 1.62 bits per heavy atom. The van der Waals surface area contributed by atoms with Crippen LogP contribution in [0.1, 0.15) is 6.92 Å². The van der Waals surface area contributed by atoms with Gasteiger partial charge < -0.3 is 47.2 Å². The van der Waals surface area contributed by atoms with Crippen molar-refractivity contribution in [2.75, 3.05) is 19.8 Å². The highest BCUT2D eigenvalue weighted by Crippen LogP contribution is 1.96. The molecule has 0 aromatic carbocycles. The number of hydrogen-bond acceptors (Lipinski definition) is 9. The molecular weight excluding hydrogens is 356 g/mol. The lowest BCUT2D eigenvalue weighted by atomic mass is 10.1. The van der Waals surface area contributed by atoms with Crippen molar-refractivity contribution in [2.24, 2.45) is 5.73 Å². The van der Waals surface area contributed by atoms with Crippen LogP contribution in [0.3, 0.4) is 0 Å². The summed E-state index contributed by atoms with van der Waals surface area (Å²) in [7, 11) is 0. The summed E-state index contributed by atoms with van der Waals surface area (Å²) in [4.78, 5) is 46.4. The van der Waals surface area contributed by atoms with Crippen LogP contribution in [0.5, 0.6) is 0 Å². The third kappa shape index (κ3) is 7.28. The standard InChI is InChI=1S/C13H24N4O9/c1-5(21)9(13(25)26)17-12(24)8(4-20)16-11(23)7(3-19)15-10(22)6(14)2-18/h5-9,18-21H,2-4,14H2,1H3,(H,15,22)(H,16,23)(H,17,24)(H,25,26). The van der Waals surface area contributed by atoms with Crippen LogP contribution < -0.4 is 21.7 Å². The lowest BCUT2D eigenvalue weighted by molar-refractivity contribution is -0.145. The first-order valence-corrected chi connectivity index (χ1v) is 7.49. The SMILES string of the molecule is CC(O)C(NC(=O)C(CO)NC(=O)C(CO)NC(=O)C(N)CO)C(=O)O. The summed E-state index contributed by atoms with van der Waals surface area (Å²) in [5.41, 5.74) is 5.25. The van der Waals surface area contributed by atoms with Crippen molar-refractivity contribution >= 4 is 23.7 Å². The predicted octanol–water partition coefficient (Wildman–Crippen LogP) is -5.79. The maximum atomic E-state index is 12.0. The first-order valence-electron chi connectivity index (χ1n) is 7.49. The Morgan fingerprint density at radius 1 is 0.846 bits per heavy atom. The van der Waals surface area contributed by atoms with Crippen LogP contribution >= 0.6 is 0 Å². The maximum Gasteiger partial charge on any atom is 0.328 e. The van der Waals surface area contributed by atoms with Crippen molar-refractivity contribution in [1.82, 2.24) is 16.0 Å². The first kappa shape index (κ1) is 23.7. The van der Waals surface area contributed by atoms with Gasteiger partial charge in [-0.3, -0.25) is 14.4 Å². The number of nitrogens with two attached hydrogens (primary N) is 1. The largest absolute Gasteiger partial charge is 0.480 e. The topological polar surface area (TPSA) is 232 Å². The van der Waals surface area contributed by atoms with E-state index in [2.05, 4.69) is 0 Å². The molecule has 5 atom stereocenters. The van der Waals surface area contributed by atoms with Crippen molar-refractivity contribution in [3.8, 4) is 0 Å². The minimum atomic E-state index is -1.68. The van der Waals surface area contributed by atoms with Crippen LogP contribution in [-0.4, -0.2) is 99.3 Å². The lowest BCUT2D eigenvalue weighted by Gasteiger charge is -2.23. The average molecular weight is 380 g/mol. The zero-order chi connectivity index (χ0) is 20.4. The number of amides is 3. The van der Waals surface area contributed by atoms with E-state index >= 15 is 0 Å². The molecule has 13 nitrogen and oxygen atoms in total. The fourth-order valence-corrected chi connectivity index (χ4v) is 1.66. The third-order valence-electron chi connectivity index (χ3n) is 3.21. The number of aliphatic carboxylic acids is 1. The molecule has 13 heteroatoms. The van der Waals surface area contributed by atoms with Crippen LogP contribution in [0, 0.1) is 0 Å². The van der Waals surface area contributed by atoms with E-state index in [0.717, 1.165) is 6.92 Å². The highest BCUT2D eigenvalue weighted by atomic mass is 16.4. The van der Waals surface area contributed by atoms with E-state index in [1.165, 1.54) is 0 Å². The Kier molecular flexibility index (Phi) is 10.3.